The van der Waals surface area contributed by atoms with E-state index in [0.29, 0.717) is 4.90 Å². The van der Waals surface area contributed by atoms with E-state index in [1.807, 2.05) is 0 Å². The van der Waals surface area contributed by atoms with E-state index in [4.69, 9.17) is 23.2 Å². The van der Waals surface area contributed by atoms with Gasteiger partial charge >= 0.3 is 17.9 Å². The standard InChI is InChI=1S/C23H19Cl2NO7S/c1-33-17(27)10-15-19(22(28)29)21(18-13(24)8-5-9-14(18)25)20(23(30)31)16(26-15)11-34(32)12-6-3-2-4-7-12/h2-9,21,26H,10-11H2,1H3,(H,28,29)(H,30,31). The van der Waals surface area contributed by atoms with E-state index in [1.165, 1.54) is 18.2 Å². The summed E-state index contributed by atoms with van der Waals surface area (Å²) in [6, 6.07) is 12.8. The number of carbonyl (C=O) groups is 3. The Bertz CT molecular complexity index is 1180. The first-order chi connectivity index (χ1) is 16.1. The third-order valence-electron chi connectivity index (χ3n) is 5.11. The molecule has 0 aliphatic carbocycles. The van der Waals surface area contributed by atoms with E-state index in [9.17, 15) is 29.1 Å². The van der Waals surface area contributed by atoms with Crippen LogP contribution in [-0.2, 0) is 30.3 Å². The zero-order valence-electron chi connectivity index (χ0n) is 17.7. The van der Waals surface area contributed by atoms with Crippen LogP contribution in [0.2, 0.25) is 10.0 Å². The highest BCUT2D eigenvalue weighted by Gasteiger charge is 2.42. The topological polar surface area (TPSA) is 136 Å². The van der Waals surface area contributed by atoms with Gasteiger partial charge in [0.1, 0.15) is 0 Å². The number of benzene rings is 2. The molecule has 1 aliphatic heterocycles. The number of carbonyl (C=O) groups excluding carboxylic acids is 1. The summed E-state index contributed by atoms with van der Waals surface area (Å²) in [5.74, 6) is -5.42. The molecule has 178 valence electrons. The van der Waals surface area contributed by atoms with E-state index in [0.717, 1.165) is 7.11 Å². The lowest BCUT2D eigenvalue weighted by Crippen LogP contribution is -2.36. The third kappa shape index (κ3) is 5.39. The maximum Gasteiger partial charge on any atom is 0.334 e. The minimum atomic E-state index is -1.69. The maximum absolute atomic E-state index is 13.0. The van der Waals surface area contributed by atoms with Gasteiger partial charge in [-0.05, 0) is 35.4 Å². The Morgan fingerprint density at radius 1 is 0.971 bits per heavy atom. The van der Waals surface area contributed by atoms with E-state index in [1.54, 1.807) is 30.3 Å². The van der Waals surface area contributed by atoms with Crippen LogP contribution in [0.25, 0.3) is 0 Å². The molecule has 2 aromatic carbocycles. The molecular weight excluding hydrogens is 505 g/mol. The average molecular weight is 524 g/mol. The van der Waals surface area contributed by atoms with Gasteiger partial charge in [0.15, 0.2) is 10.6 Å². The Labute approximate surface area is 208 Å². The Morgan fingerprint density at radius 3 is 2.06 bits per heavy atom. The second-order valence-corrected chi connectivity index (χ2v) is 9.41. The lowest BCUT2D eigenvalue weighted by molar-refractivity contribution is -0.139. The number of halogens is 2. The number of esters is 1. The van der Waals surface area contributed by atoms with Crippen LogP contribution in [-0.4, -0.2) is 45.5 Å². The maximum atomic E-state index is 13.0. The highest BCUT2D eigenvalue weighted by atomic mass is 35.5. The van der Waals surface area contributed by atoms with Crippen LogP contribution in [0, 0.1) is 0 Å². The van der Waals surface area contributed by atoms with Crippen molar-refractivity contribution in [3.8, 4) is 0 Å². The summed E-state index contributed by atoms with van der Waals surface area (Å²) in [7, 11) is 1.14. The number of carboxylic acids is 2. The van der Waals surface area contributed by atoms with Crippen molar-refractivity contribution in [2.75, 3.05) is 12.9 Å². The van der Waals surface area contributed by atoms with Crippen molar-refractivity contribution in [3.63, 3.8) is 0 Å². The Kier molecular flexibility index (Phi) is 8.27. The number of methoxy groups -OCH3 is 1. The van der Waals surface area contributed by atoms with E-state index in [2.05, 4.69) is 10.1 Å². The first kappa shape index (κ1) is 25.6. The van der Waals surface area contributed by atoms with Gasteiger partial charge in [-0.2, -0.15) is 0 Å². The van der Waals surface area contributed by atoms with E-state index < -0.39 is 47.0 Å². The Balaban J connectivity index is 2.26. The van der Waals surface area contributed by atoms with Crippen molar-refractivity contribution in [2.45, 2.75) is 17.2 Å². The average Bonchev–Trinajstić information content (AvgIpc) is 2.78. The normalized spacial score (nSPS) is 16.6. The smallest absolute Gasteiger partial charge is 0.334 e. The summed E-state index contributed by atoms with van der Waals surface area (Å²) < 4.78 is 17.7. The molecule has 11 heteroatoms. The van der Waals surface area contributed by atoms with Gasteiger partial charge in [-0.3, -0.25) is 4.79 Å². The fourth-order valence-electron chi connectivity index (χ4n) is 3.65. The monoisotopic (exact) mass is 523 g/mol. The van der Waals surface area contributed by atoms with Gasteiger partial charge in [0.05, 0.1) is 36.3 Å². The van der Waals surface area contributed by atoms with Gasteiger partial charge in [0.2, 0.25) is 0 Å². The molecule has 0 saturated carbocycles. The fraction of sp³-hybridized carbons (Fsp3) is 0.174. The molecule has 0 aromatic heterocycles. The summed E-state index contributed by atoms with van der Waals surface area (Å²) in [4.78, 5) is 37.3. The summed E-state index contributed by atoms with van der Waals surface area (Å²) in [6.45, 7) is 0. The van der Waals surface area contributed by atoms with Crippen LogP contribution >= 0.6 is 23.2 Å². The number of hydrogen-bond donors (Lipinski definition) is 3. The number of aliphatic carboxylic acids is 2. The number of dihydropyridines is 1. The molecule has 0 fully saturated rings. The van der Waals surface area contributed by atoms with Gasteiger partial charge in [0, 0.05) is 21.3 Å². The molecule has 3 N–H and O–H groups in total. The number of rotatable bonds is 8. The van der Waals surface area contributed by atoms with Crippen LogP contribution in [0.3, 0.4) is 0 Å². The first-order valence-electron chi connectivity index (χ1n) is 9.79. The lowest BCUT2D eigenvalue weighted by atomic mass is 9.79. The van der Waals surface area contributed by atoms with Crippen LogP contribution in [0.4, 0.5) is 0 Å². The Morgan fingerprint density at radius 2 is 1.53 bits per heavy atom. The summed E-state index contributed by atoms with van der Waals surface area (Å²) in [6.07, 6.45) is -0.495. The molecular formula is C23H19Cl2NO7S. The van der Waals surface area contributed by atoms with Crippen LogP contribution in [0.15, 0.2) is 76.0 Å². The van der Waals surface area contributed by atoms with E-state index in [-0.39, 0.29) is 38.3 Å². The molecule has 1 aliphatic rings. The van der Waals surface area contributed by atoms with Crippen molar-refractivity contribution in [1.82, 2.24) is 5.32 Å². The van der Waals surface area contributed by atoms with Crippen molar-refractivity contribution >= 4 is 52.3 Å². The summed E-state index contributed by atoms with van der Waals surface area (Å²) >= 11 is 11.0. The molecule has 1 heterocycles. The molecule has 2 aromatic rings. The number of hydrogen-bond acceptors (Lipinski definition) is 6. The zero-order chi connectivity index (χ0) is 25.0. The molecule has 3 rings (SSSR count). The predicted octanol–water partition coefficient (Wildman–Crippen LogP) is 3.73. The first-order valence-corrected chi connectivity index (χ1v) is 11.9. The molecule has 0 amide bonds. The zero-order valence-corrected chi connectivity index (χ0v) is 20.0. The second kappa shape index (κ2) is 11.0. The molecule has 0 saturated heterocycles. The van der Waals surface area contributed by atoms with Gasteiger partial charge in [-0.15, -0.1) is 0 Å². The van der Waals surface area contributed by atoms with Gasteiger partial charge in [-0.25, -0.2) is 9.59 Å². The molecule has 2 atom stereocenters. The van der Waals surface area contributed by atoms with Crippen molar-refractivity contribution in [2.24, 2.45) is 0 Å². The minimum Gasteiger partial charge on any atom is -0.611 e. The Hall–Kier alpha value is -2.98. The van der Waals surface area contributed by atoms with Crippen molar-refractivity contribution in [3.05, 3.63) is 86.7 Å². The summed E-state index contributed by atoms with van der Waals surface area (Å²) in [5.41, 5.74) is -0.894. The second-order valence-electron chi connectivity index (χ2n) is 7.14. The largest absolute Gasteiger partial charge is 0.611 e. The van der Waals surface area contributed by atoms with Crippen LogP contribution in [0.1, 0.15) is 17.9 Å². The lowest BCUT2D eigenvalue weighted by Gasteiger charge is -2.31. The molecule has 0 radical (unpaired) electrons. The van der Waals surface area contributed by atoms with Crippen molar-refractivity contribution in [1.29, 1.82) is 0 Å². The number of carboxylic acid groups (broad SMARTS) is 2. The van der Waals surface area contributed by atoms with Crippen molar-refractivity contribution < 1.29 is 33.9 Å². The van der Waals surface area contributed by atoms with Gasteiger partial charge in [0.25, 0.3) is 0 Å². The minimum absolute atomic E-state index is 0.0282. The molecule has 0 bridgehead atoms. The predicted molar refractivity (Wildman–Crippen MR) is 126 cm³/mol. The number of nitrogens with one attached hydrogen (secondary N) is 1. The highest BCUT2D eigenvalue weighted by molar-refractivity contribution is 7.91. The van der Waals surface area contributed by atoms with Crippen LogP contribution < -0.4 is 5.32 Å². The van der Waals surface area contributed by atoms with Crippen LogP contribution in [0.5, 0.6) is 0 Å². The SMILES string of the molecule is COC(=O)CC1=C(C(=O)O)C(c2c(Cl)cccc2Cl)C(C(=O)O)=C(C[S+]([O-])c2ccccc2)N1. The van der Waals surface area contributed by atoms with Gasteiger partial charge in [-0.1, -0.05) is 47.5 Å². The van der Waals surface area contributed by atoms with E-state index >= 15 is 0 Å². The molecule has 0 spiro atoms. The highest BCUT2D eigenvalue weighted by Crippen LogP contribution is 2.45. The quantitative estimate of drug-likeness (QED) is 0.351. The summed E-state index contributed by atoms with van der Waals surface area (Å²) in [5, 5.41) is 23.0. The molecule has 2 unspecified atom stereocenters. The molecule has 34 heavy (non-hydrogen) atoms. The fourth-order valence-corrected chi connectivity index (χ4v) is 5.38. The molecule has 8 nitrogen and oxygen atoms in total. The third-order valence-corrected chi connectivity index (χ3v) is 7.12. The van der Waals surface area contributed by atoms with Gasteiger partial charge < -0.3 is 24.8 Å². The number of ether oxygens (including phenoxy) is 1.